The summed E-state index contributed by atoms with van der Waals surface area (Å²) < 4.78 is 5.47. The van der Waals surface area contributed by atoms with Crippen LogP contribution in [-0.4, -0.2) is 36.5 Å². The molecule has 1 saturated heterocycles. The number of amides is 3. The maximum Gasteiger partial charge on any atom is 0.321 e. The first-order valence-corrected chi connectivity index (χ1v) is 8.14. The first kappa shape index (κ1) is 15.6. The van der Waals surface area contributed by atoms with Gasteiger partial charge in [-0.1, -0.05) is 19.9 Å². The van der Waals surface area contributed by atoms with Crippen molar-refractivity contribution >= 4 is 23.3 Å². The number of carbonyl (C=O) groups is 2. The van der Waals surface area contributed by atoms with Crippen LogP contribution in [-0.2, 0) is 4.79 Å². The van der Waals surface area contributed by atoms with Crippen molar-refractivity contribution in [1.82, 2.24) is 4.90 Å². The number of para-hydroxylation sites is 1. The predicted octanol–water partition coefficient (Wildman–Crippen LogP) is 2.92. The van der Waals surface area contributed by atoms with Gasteiger partial charge in [-0.3, -0.25) is 4.79 Å². The third kappa shape index (κ3) is 3.57. The molecule has 2 aliphatic rings. The van der Waals surface area contributed by atoms with Gasteiger partial charge >= 0.3 is 6.03 Å². The van der Waals surface area contributed by atoms with E-state index in [1.54, 1.807) is 18.2 Å². The average molecular weight is 317 g/mol. The number of hydrogen-bond donors (Lipinski definition) is 2. The molecule has 3 amide bonds. The lowest BCUT2D eigenvalue weighted by molar-refractivity contribution is -0.118. The van der Waals surface area contributed by atoms with Crippen LogP contribution in [0.1, 0.15) is 26.7 Å². The molecule has 0 aliphatic carbocycles. The molecule has 2 heterocycles. The van der Waals surface area contributed by atoms with Gasteiger partial charge in [-0.2, -0.15) is 0 Å². The van der Waals surface area contributed by atoms with Crippen molar-refractivity contribution in [1.29, 1.82) is 0 Å². The molecule has 1 aromatic carbocycles. The van der Waals surface area contributed by atoms with Crippen LogP contribution < -0.4 is 15.4 Å². The van der Waals surface area contributed by atoms with Gasteiger partial charge in [-0.25, -0.2) is 4.79 Å². The Morgan fingerprint density at radius 2 is 2.17 bits per heavy atom. The number of benzene rings is 1. The smallest absolute Gasteiger partial charge is 0.321 e. The standard InChI is InChI=1S/C17H23N3O3/c1-11-6-7-20(9-12(2)8-11)17(22)19-14-5-3-4-13-16(14)23-10-15(21)18-13/h3-5,11-12H,6-10H2,1-2H3,(H,18,21)(H,19,22)/t11-,12-/m1/s1. The van der Waals surface area contributed by atoms with Gasteiger partial charge in [0.25, 0.3) is 5.91 Å². The molecule has 1 fully saturated rings. The third-order valence-corrected chi connectivity index (χ3v) is 4.39. The number of nitrogens with zero attached hydrogens (tertiary/aromatic N) is 1. The number of carbonyl (C=O) groups excluding carboxylic acids is 2. The molecule has 6 heteroatoms. The van der Waals surface area contributed by atoms with E-state index in [9.17, 15) is 9.59 Å². The van der Waals surface area contributed by atoms with Crippen molar-refractivity contribution in [2.75, 3.05) is 30.3 Å². The number of rotatable bonds is 1. The summed E-state index contributed by atoms with van der Waals surface area (Å²) in [5.41, 5.74) is 1.19. The molecule has 0 spiro atoms. The summed E-state index contributed by atoms with van der Waals surface area (Å²) in [6, 6.07) is 5.23. The van der Waals surface area contributed by atoms with E-state index in [1.807, 2.05) is 4.90 Å². The van der Waals surface area contributed by atoms with Gasteiger partial charge in [0.15, 0.2) is 12.4 Å². The molecule has 0 bridgehead atoms. The minimum absolute atomic E-state index is 0.0296. The van der Waals surface area contributed by atoms with Crippen molar-refractivity contribution in [2.24, 2.45) is 11.8 Å². The molecular formula is C17H23N3O3. The number of nitrogens with one attached hydrogen (secondary N) is 2. The normalized spacial score (nSPS) is 24.1. The zero-order chi connectivity index (χ0) is 16.4. The molecule has 0 saturated carbocycles. The second-order valence-electron chi connectivity index (χ2n) is 6.63. The van der Waals surface area contributed by atoms with Gasteiger partial charge in [-0.05, 0) is 36.8 Å². The second-order valence-corrected chi connectivity index (χ2v) is 6.63. The fourth-order valence-electron chi connectivity index (χ4n) is 3.32. The topological polar surface area (TPSA) is 70.7 Å². The summed E-state index contributed by atoms with van der Waals surface area (Å²) in [7, 11) is 0. The Labute approximate surface area is 136 Å². The van der Waals surface area contributed by atoms with Gasteiger partial charge < -0.3 is 20.3 Å². The molecule has 0 aromatic heterocycles. The zero-order valence-corrected chi connectivity index (χ0v) is 13.6. The average Bonchev–Trinajstić information content (AvgIpc) is 2.67. The molecule has 6 nitrogen and oxygen atoms in total. The number of likely N-dealkylation sites (tertiary alicyclic amines) is 1. The summed E-state index contributed by atoms with van der Waals surface area (Å²) in [6.07, 6.45) is 2.18. The highest BCUT2D eigenvalue weighted by atomic mass is 16.5. The summed E-state index contributed by atoms with van der Waals surface area (Å²) in [4.78, 5) is 25.8. The van der Waals surface area contributed by atoms with Crippen LogP contribution >= 0.6 is 0 Å². The minimum atomic E-state index is -0.184. The molecule has 0 radical (unpaired) electrons. The largest absolute Gasteiger partial charge is 0.479 e. The van der Waals surface area contributed by atoms with Crippen LogP contribution in [0.25, 0.3) is 0 Å². The Morgan fingerprint density at radius 1 is 1.35 bits per heavy atom. The Bertz CT molecular complexity index is 617. The fourth-order valence-corrected chi connectivity index (χ4v) is 3.32. The van der Waals surface area contributed by atoms with Crippen LogP contribution in [0.4, 0.5) is 16.2 Å². The fraction of sp³-hybridized carbons (Fsp3) is 0.529. The SMILES string of the molecule is C[C@@H]1CCN(C(=O)Nc2cccc3c2OCC(=O)N3)C[C@H](C)C1. The number of anilines is 2. The summed E-state index contributed by atoms with van der Waals surface area (Å²) in [5.74, 6) is 1.48. The first-order valence-electron chi connectivity index (χ1n) is 8.14. The van der Waals surface area contributed by atoms with Gasteiger partial charge in [0, 0.05) is 13.1 Å². The van der Waals surface area contributed by atoms with Crippen LogP contribution in [0, 0.1) is 11.8 Å². The van der Waals surface area contributed by atoms with Crippen LogP contribution in [0.15, 0.2) is 18.2 Å². The lowest BCUT2D eigenvalue weighted by Gasteiger charge is -2.25. The first-order chi connectivity index (χ1) is 11.0. The Kier molecular flexibility index (Phi) is 4.41. The predicted molar refractivity (Wildman–Crippen MR) is 88.7 cm³/mol. The van der Waals surface area contributed by atoms with Gasteiger partial charge in [0.1, 0.15) is 0 Å². The molecule has 0 unspecified atom stereocenters. The third-order valence-electron chi connectivity index (χ3n) is 4.39. The highest BCUT2D eigenvalue weighted by molar-refractivity contribution is 5.99. The van der Waals surface area contributed by atoms with E-state index in [4.69, 9.17) is 4.74 Å². The number of hydrogen-bond acceptors (Lipinski definition) is 3. The summed E-state index contributed by atoms with van der Waals surface area (Å²) >= 11 is 0. The second kappa shape index (κ2) is 6.48. The molecule has 1 aromatic rings. The van der Waals surface area contributed by atoms with E-state index in [0.717, 1.165) is 25.9 Å². The molecule has 2 atom stereocenters. The van der Waals surface area contributed by atoms with Gasteiger partial charge in [-0.15, -0.1) is 0 Å². The highest BCUT2D eigenvalue weighted by Gasteiger charge is 2.25. The molecule has 2 N–H and O–H groups in total. The van der Waals surface area contributed by atoms with Gasteiger partial charge in [0.05, 0.1) is 11.4 Å². The molecule has 23 heavy (non-hydrogen) atoms. The van der Waals surface area contributed by atoms with Crippen LogP contribution in [0.3, 0.4) is 0 Å². The number of urea groups is 1. The van der Waals surface area contributed by atoms with E-state index in [1.165, 1.54) is 0 Å². The van der Waals surface area contributed by atoms with Crippen molar-refractivity contribution in [3.63, 3.8) is 0 Å². The number of fused-ring (bicyclic) bond motifs is 1. The molecule has 3 rings (SSSR count). The summed E-state index contributed by atoms with van der Waals surface area (Å²) in [6.45, 7) is 5.93. The lowest BCUT2D eigenvalue weighted by Crippen LogP contribution is -2.37. The molecule has 124 valence electrons. The van der Waals surface area contributed by atoms with E-state index in [2.05, 4.69) is 24.5 Å². The zero-order valence-electron chi connectivity index (χ0n) is 13.6. The van der Waals surface area contributed by atoms with Crippen LogP contribution in [0.2, 0.25) is 0 Å². The van der Waals surface area contributed by atoms with E-state index < -0.39 is 0 Å². The minimum Gasteiger partial charge on any atom is -0.479 e. The highest BCUT2D eigenvalue weighted by Crippen LogP contribution is 2.35. The van der Waals surface area contributed by atoms with E-state index >= 15 is 0 Å². The maximum absolute atomic E-state index is 12.6. The Balaban J connectivity index is 1.73. The van der Waals surface area contributed by atoms with Crippen molar-refractivity contribution < 1.29 is 14.3 Å². The molecular weight excluding hydrogens is 294 g/mol. The van der Waals surface area contributed by atoms with E-state index in [0.29, 0.717) is 29.0 Å². The Hall–Kier alpha value is -2.24. The van der Waals surface area contributed by atoms with Crippen molar-refractivity contribution in [3.05, 3.63) is 18.2 Å². The Morgan fingerprint density at radius 3 is 3.00 bits per heavy atom. The molecule has 2 aliphatic heterocycles. The monoisotopic (exact) mass is 317 g/mol. The summed E-state index contributed by atoms with van der Waals surface area (Å²) in [5, 5.41) is 5.68. The van der Waals surface area contributed by atoms with Crippen molar-refractivity contribution in [2.45, 2.75) is 26.7 Å². The number of ether oxygens (including phenoxy) is 1. The van der Waals surface area contributed by atoms with Crippen LogP contribution in [0.5, 0.6) is 5.75 Å². The van der Waals surface area contributed by atoms with Crippen molar-refractivity contribution in [3.8, 4) is 5.75 Å². The lowest BCUT2D eigenvalue weighted by atomic mass is 9.97. The quantitative estimate of drug-likeness (QED) is 0.836. The van der Waals surface area contributed by atoms with E-state index in [-0.39, 0.29) is 18.5 Å². The maximum atomic E-state index is 12.6. The van der Waals surface area contributed by atoms with Gasteiger partial charge in [0.2, 0.25) is 0 Å².